The molecule has 2 aromatic rings. The maximum Gasteiger partial charge on any atom is 0.0376 e. The minimum absolute atomic E-state index is 0.650. The van der Waals surface area contributed by atoms with Crippen LogP contribution >= 0.6 is 11.3 Å². The highest BCUT2D eigenvalue weighted by molar-refractivity contribution is 7.13. The highest BCUT2D eigenvalue weighted by Gasteiger charge is 2.22. The molecule has 0 amide bonds. The first-order chi connectivity index (χ1) is 9.24. The van der Waals surface area contributed by atoms with Crippen molar-refractivity contribution in [2.75, 3.05) is 32.5 Å². The highest BCUT2D eigenvalue weighted by atomic mass is 32.1. The molecule has 19 heavy (non-hydrogen) atoms. The van der Waals surface area contributed by atoms with E-state index >= 15 is 0 Å². The second-order valence-corrected chi connectivity index (χ2v) is 6.40. The van der Waals surface area contributed by atoms with E-state index in [2.05, 4.69) is 60.0 Å². The Bertz CT molecular complexity index is 546. The van der Waals surface area contributed by atoms with Crippen molar-refractivity contribution in [3.05, 3.63) is 41.3 Å². The third-order valence-electron chi connectivity index (χ3n) is 3.76. The number of hydrogen-bond donors (Lipinski definition) is 1. The molecule has 0 saturated carbocycles. The van der Waals surface area contributed by atoms with E-state index in [4.69, 9.17) is 0 Å². The molecular formula is C16H20N2S. The Balaban J connectivity index is 1.85. The lowest BCUT2D eigenvalue weighted by molar-refractivity contribution is 0.386. The first-order valence-corrected chi connectivity index (χ1v) is 7.68. The third-order valence-corrected chi connectivity index (χ3v) is 4.68. The molecule has 0 radical (unpaired) electrons. The van der Waals surface area contributed by atoms with Gasteiger partial charge in [0.1, 0.15) is 0 Å². The molecule has 0 fully saturated rings. The first-order valence-electron chi connectivity index (χ1n) is 6.80. The van der Waals surface area contributed by atoms with Crippen molar-refractivity contribution in [3.63, 3.8) is 0 Å². The quantitative estimate of drug-likeness (QED) is 0.908. The van der Waals surface area contributed by atoms with Gasteiger partial charge >= 0.3 is 0 Å². The van der Waals surface area contributed by atoms with Crippen LogP contribution in [-0.4, -0.2) is 32.1 Å². The molecule has 3 rings (SSSR count). The summed E-state index contributed by atoms with van der Waals surface area (Å²) in [4.78, 5) is 3.63. The maximum absolute atomic E-state index is 3.53. The first kappa shape index (κ1) is 12.7. The second-order valence-electron chi connectivity index (χ2n) is 5.45. The largest absolute Gasteiger partial charge is 0.384 e. The second kappa shape index (κ2) is 5.35. The summed E-state index contributed by atoms with van der Waals surface area (Å²) in [5.74, 6) is 0.650. The number of benzene rings is 1. The lowest BCUT2D eigenvalue weighted by atomic mass is 9.95. The monoisotopic (exact) mass is 272 g/mol. The molecule has 1 unspecified atom stereocenters. The summed E-state index contributed by atoms with van der Waals surface area (Å²) in [7, 11) is 4.29. The van der Waals surface area contributed by atoms with Gasteiger partial charge in [-0.05, 0) is 61.8 Å². The van der Waals surface area contributed by atoms with Gasteiger partial charge in [-0.15, -0.1) is 11.3 Å². The van der Waals surface area contributed by atoms with Gasteiger partial charge in [-0.3, -0.25) is 0 Å². The molecule has 1 aliphatic rings. The van der Waals surface area contributed by atoms with Crippen molar-refractivity contribution in [3.8, 4) is 10.4 Å². The van der Waals surface area contributed by atoms with Crippen LogP contribution < -0.4 is 5.32 Å². The van der Waals surface area contributed by atoms with Crippen molar-refractivity contribution in [1.82, 2.24) is 4.90 Å². The third kappa shape index (κ3) is 2.67. The van der Waals surface area contributed by atoms with E-state index in [1.807, 2.05) is 11.3 Å². The summed E-state index contributed by atoms with van der Waals surface area (Å²) in [6.07, 6.45) is 1.22. The number of nitrogens with zero attached hydrogens (tertiary/aromatic N) is 1. The van der Waals surface area contributed by atoms with Gasteiger partial charge in [-0.25, -0.2) is 0 Å². The molecular weight excluding hydrogens is 252 g/mol. The van der Waals surface area contributed by atoms with Gasteiger partial charge < -0.3 is 10.2 Å². The van der Waals surface area contributed by atoms with Crippen molar-refractivity contribution in [2.24, 2.45) is 0 Å². The fourth-order valence-corrected chi connectivity index (χ4v) is 3.40. The Hall–Kier alpha value is -1.32. The Morgan fingerprint density at radius 2 is 2.21 bits per heavy atom. The average Bonchev–Trinajstić information content (AvgIpc) is 3.05. The predicted molar refractivity (Wildman–Crippen MR) is 84.2 cm³/mol. The van der Waals surface area contributed by atoms with Crippen molar-refractivity contribution in [2.45, 2.75) is 12.3 Å². The molecule has 1 atom stereocenters. The van der Waals surface area contributed by atoms with Gasteiger partial charge in [0.05, 0.1) is 0 Å². The van der Waals surface area contributed by atoms with Crippen molar-refractivity contribution >= 4 is 17.0 Å². The summed E-state index contributed by atoms with van der Waals surface area (Å²) < 4.78 is 0. The maximum atomic E-state index is 3.53. The SMILES string of the molecule is CN(C)CCC1CNc2ccc(-c3cccs3)cc21. The van der Waals surface area contributed by atoms with Gasteiger partial charge in [-0.1, -0.05) is 12.1 Å². The summed E-state index contributed by atoms with van der Waals surface area (Å²) in [5, 5.41) is 5.67. The zero-order valence-electron chi connectivity index (χ0n) is 11.5. The average molecular weight is 272 g/mol. The number of fused-ring (bicyclic) bond motifs is 1. The Morgan fingerprint density at radius 1 is 1.32 bits per heavy atom. The molecule has 0 saturated heterocycles. The summed E-state index contributed by atoms with van der Waals surface area (Å²) in [5.41, 5.74) is 4.17. The van der Waals surface area contributed by atoms with Gasteiger partial charge in [-0.2, -0.15) is 0 Å². The van der Waals surface area contributed by atoms with Crippen molar-refractivity contribution in [1.29, 1.82) is 0 Å². The van der Waals surface area contributed by atoms with E-state index in [1.165, 1.54) is 28.1 Å². The Morgan fingerprint density at radius 3 is 2.95 bits per heavy atom. The molecule has 3 heteroatoms. The molecule has 0 aliphatic carbocycles. The number of thiophene rings is 1. The van der Waals surface area contributed by atoms with E-state index < -0.39 is 0 Å². The van der Waals surface area contributed by atoms with Crippen LogP contribution in [0.1, 0.15) is 17.9 Å². The van der Waals surface area contributed by atoms with Gasteiger partial charge in [0, 0.05) is 23.0 Å². The normalized spacial score (nSPS) is 17.5. The number of rotatable bonds is 4. The minimum atomic E-state index is 0.650. The minimum Gasteiger partial charge on any atom is -0.384 e. The van der Waals surface area contributed by atoms with Crippen LogP contribution in [-0.2, 0) is 0 Å². The van der Waals surface area contributed by atoms with E-state index in [1.54, 1.807) is 0 Å². The van der Waals surface area contributed by atoms with Gasteiger partial charge in [0.2, 0.25) is 0 Å². The molecule has 0 bridgehead atoms. The number of anilines is 1. The summed E-state index contributed by atoms with van der Waals surface area (Å²) >= 11 is 1.81. The standard InChI is InChI=1S/C16H20N2S/c1-18(2)8-7-13-11-17-15-6-5-12(10-14(13)15)16-4-3-9-19-16/h3-6,9-10,13,17H,7-8,11H2,1-2H3. The Kier molecular flexibility index (Phi) is 3.58. The molecule has 2 nitrogen and oxygen atoms in total. The van der Waals surface area contributed by atoms with E-state index in [0.29, 0.717) is 5.92 Å². The molecule has 100 valence electrons. The number of hydrogen-bond acceptors (Lipinski definition) is 3. The smallest absolute Gasteiger partial charge is 0.0376 e. The van der Waals surface area contributed by atoms with Crippen LogP contribution in [0.3, 0.4) is 0 Å². The number of nitrogens with one attached hydrogen (secondary N) is 1. The predicted octanol–water partition coefficient (Wildman–Crippen LogP) is 3.88. The van der Waals surface area contributed by atoms with Crippen LogP contribution in [0.15, 0.2) is 35.7 Å². The topological polar surface area (TPSA) is 15.3 Å². The van der Waals surface area contributed by atoms with Crippen LogP contribution in [0.5, 0.6) is 0 Å². The van der Waals surface area contributed by atoms with Crippen LogP contribution in [0, 0.1) is 0 Å². The van der Waals surface area contributed by atoms with Crippen molar-refractivity contribution < 1.29 is 0 Å². The molecule has 1 aromatic heterocycles. The fourth-order valence-electron chi connectivity index (χ4n) is 2.67. The van der Waals surface area contributed by atoms with Crippen LogP contribution in [0.4, 0.5) is 5.69 Å². The van der Waals surface area contributed by atoms with Gasteiger partial charge in [0.25, 0.3) is 0 Å². The highest BCUT2D eigenvalue weighted by Crippen LogP contribution is 2.37. The van der Waals surface area contributed by atoms with Gasteiger partial charge in [0.15, 0.2) is 0 Å². The Labute approximate surface area is 119 Å². The lowest BCUT2D eigenvalue weighted by Gasteiger charge is -2.14. The summed E-state index contributed by atoms with van der Waals surface area (Å²) in [6, 6.07) is 11.2. The lowest BCUT2D eigenvalue weighted by Crippen LogP contribution is -2.16. The van der Waals surface area contributed by atoms with E-state index in [9.17, 15) is 0 Å². The van der Waals surface area contributed by atoms with Crippen LogP contribution in [0.2, 0.25) is 0 Å². The molecule has 1 aromatic carbocycles. The molecule has 0 spiro atoms. The zero-order chi connectivity index (χ0) is 13.2. The fraction of sp³-hybridized carbons (Fsp3) is 0.375. The van der Waals surface area contributed by atoms with E-state index in [-0.39, 0.29) is 0 Å². The molecule has 2 heterocycles. The molecule has 1 N–H and O–H groups in total. The van der Waals surface area contributed by atoms with E-state index in [0.717, 1.165) is 13.1 Å². The van der Waals surface area contributed by atoms with Crippen LogP contribution in [0.25, 0.3) is 10.4 Å². The summed E-state index contributed by atoms with van der Waals surface area (Å²) in [6.45, 7) is 2.23. The zero-order valence-corrected chi connectivity index (χ0v) is 12.3. The molecule has 1 aliphatic heterocycles.